The van der Waals surface area contributed by atoms with Gasteiger partial charge >= 0.3 is 0 Å². The van der Waals surface area contributed by atoms with E-state index in [9.17, 15) is 4.79 Å². The number of carbonyl (C=O) groups excluding carboxylic acids is 1. The SMILES string of the molecule is Cc1cccc(CC(=O)NCc2cn3ccccc3n2)c1. The number of aromatic nitrogens is 2. The van der Waals surface area contributed by atoms with Gasteiger partial charge in [0.15, 0.2) is 0 Å². The number of nitrogens with one attached hydrogen (secondary N) is 1. The summed E-state index contributed by atoms with van der Waals surface area (Å²) in [5.41, 5.74) is 3.95. The number of hydrogen-bond acceptors (Lipinski definition) is 2. The summed E-state index contributed by atoms with van der Waals surface area (Å²) < 4.78 is 1.95. The van der Waals surface area contributed by atoms with Crippen molar-refractivity contribution >= 4 is 11.6 Å². The average molecular weight is 279 g/mol. The van der Waals surface area contributed by atoms with E-state index < -0.39 is 0 Å². The molecule has 1 N–H and O–H groups in total. The Labute approximate surface area is 123 Å². The number of aryl methyl sites for hydroxylation is 1. The number of imidazole rings is 1. The molecule has 106 valence electrons. The van der Waals surface area contributed by atoms with Crippen LogP contribution in [0.2, 0.25) is 0 Å². The number of pyridine rings is 1. The highest BCUT2D eigenvalue weighted by molar-refractivity contribution is 5.78. The third kappa shape index (κ3) is 3.28. The molecular formula is C17H17N3O. The second-order valence-corrected chi connectivity index (χ2v) is 5.14. The first-order chi connectivity index (χ1) is 10.2. The molecule has 4 nitrogen and oxygen atoms in total. The van der Waals surface area contributed by atoms with Crippen molar-refractivity contribution in [3.63, 3.8) is 0 Å². The minimum Gasteiger partial charge on any atom is -0.350 e. The monoisotopic (exact) mass is 279 g/mol. The number of amides is 1. The lowest BCUT2D eigenvalue weighted by atomic mass is 10.1. The van der Waals surface area contributed by atoms with Crippen LogP contribution in [0.1, 0.15) is 16.8 Å². The van der Waals surface area contributed by atoms with E-state index in [1.165, 1.54) is 5.56 Å². The van der Waals surface area contributed by atoms with Crippen LogP contribution in [0.25, 0.3) is 5.65 Å². The van der Waals surface area contributed by atoms with Crippen molar-refractivity contribution in [2.45, 2.75) is 19.9 Å². The van der Waals surface area contributed by atoms with Crippen molar-refractivity contribution in [2.75, 3.05) is 0 Å². The van der Waals surface area contributed by atoms with Gasteiger partial charge in [-0.1, -0.05) is 35.9 Å². The van der Waals surface area contributed by atoms with Crippen molar-refractivity contribution in [1.29, 1.82) is 0 Å². The fraction of sp³-hybridized carbons (Fsp3) is 0.176. The summed E-state index contributed by atoms with van der Waals surface area (Å²) in [6.45, 7) is 2.48. The summed E-state index contributed by atoms with van der Waals surface area (Å²) in [4.78, 5) is 16.4. The normalized spacial score (nSPS) is 10.7. The summed E-state index contributed by atoms with van der Waals surface area (Å²) in [5, 5.41) is 2.91. The van der Waals surface area contributed by atoms with Gasteiger partial charge in [0.05, 0.1) is 18.7 Å². The molecule has 0 spiro atoms. The molecule has 0 bridgehead atoms. The first-order valence-corrected chi connectivity index (χ1v) is 6.95. The van der Waals surface area contributed by atoms with E-state index in [0.29, 0.717) is 13.0 Å². The van der Waals surface area contributed by atoms with E-state index in [1.54, 1.807) is 0 Å². The molecule has 0 aliphatic heterocycles. The van der Waals surface area contributed by atoms with Gasteiger partial charge in [0.1, 0.15) is 5.65 Å². The lowest BCUT2D eigenvalue weighted by Gasteiger charge is -2.04. The first-order valence-electron chi connectivity index (χ1n) is 6.95. The number of carbonyl (C=O) groups is 1. The number of hydrogen-bond donors (Lipinski definition) is 1. The molecule has 1 aromatic carbocycles. The Morgan fingerprint density at radius 2 is 2.14 bits per heavy atom. The highest BCUT2D eigenvalue weighted by Crippen LogP contribution is 2.06. The smallest absolute Gasteiger partial charge is 0.224 e. The lowest BCUT2D eigenvalue weighted by Crippen LogP contribution is -2.24. The molecule has 2 heterocycles. The van der Waals surface area contributed by atoms with Gasteiger partial charge in [0, 0.05) is 12.4 Å². The van der Waals surface area contributed by atoms with Crippen LogP contribution in [-0.4, -0.2) is 15.3 Å². The molecule has 3 aromatic rings. The molecule has 0 aliphatic carbocycles. The van der Waals surface area contributed by atoms with Crippen LogP contribution in [-0.2, 0) is 17.8 Å². The molecule has 1 amide bonds. The van der Waals surface area contributed by atoms with Crippen LogP contribution in [0.5, 0.6) is 0 Å². The van der Waals surface area contributed by atoms with E-state index in [0.717, 1.165) is 16.9 Å². The minimum absolute atomic E-state index is 0.0117. The molecule has 0 unspecified atom stereocenters. The van der Waals surface area contributed by atoms with Crippen LogP contribution in [0.3, 0.4) is 0 Å². The van der Waals surface area contributed by atoms with Gasteiger partial charge < -0.3 is 9.72 Å². The summed E-state index contributed by atoms with van der Waals surface area (Å²) in [7, 11) is 0. The van der Waals surface area contributed by atoms with Gasteiger partial charge in [-0.05, 0) is 24.6 Å². The zero-order chi connectivity index (χ0) is 14.7. The lowest BCUT2D eigenvalue weighted by molar-refractivity contribution is -0.120. The summed E-state index contributed by atoms with van der Waals surface area (Å²) in [6, 6.07) is 13.8. The van der Waals surface area contributed by atoms with Crippen LogP contribution < -0.4 is 5.32 Å². The quantitative estimate of drug-likeness (QED) is 0.797. The topological polar surface area (TPSA) is 46.4 Å². The van der Waals surface area contributed by atoms with Crippen molar-refractivity contribution < 1.29 is 4.79 Å². The Hall–Kier alpha value is -2.62. The fourth-order valence-electron chi connectivity index (χ4n) is 2.33. The van der Waals surface area contributed by atoms with Crippen molar-refractivity contribution in [2.24, 2.45) is 0 Å². The van der Waals surface area contributed by atoms with Crippen LogP contribution >= 0.6 is 0 Å². The Kier molecular flexibility index (Phi) is 3.69. The van der Waals surface area contributed by atoms with Gasteiger partial charge in [-0.25, -0.2) is 4.98 Å². The molecule has 21 heavy (non-hydrogen) atoms. The average Bonchev–Trinajstić information content (AvgIpc) is 2.88. The Balaban J connectivity index is 1.60. The Morgan fingerprint density at radius 1 is 1.24 bits per heavy atom. The molecule has 2 aromatic heterocycles. The molecule has 0 radical (unpaired) electrons. The Morgan fingerprint density at radius 3 is 2.95 bits per heavy atom. The third-order valence-corrected chi connectivity index (χ3v) is 3.33. The zero-order valence-electron chi connectivity index (χ0n) is 11.9. The van der Waals surface area contributed by atoms with Crippen molar-refractivity contribution in [1.82, 2.24) is 14.7 Å². The van der Waals surface area contributed by atoms with E-state index in [-0.39, 0.29) is 5.91 Å². The van der Waals surface area contributed by atoms with E-state index in [1.807, 2.05) is 66.2 Å². The van der Waals surface area contributed by atoms with Crippen molar-refractivity contribution in [3.05, 3.63) is 71.7 Å². The van der Waals surface area contributed by atoms with E-state index >= 15 is 0 Å². The van der Waals surface area contributed by atoms with Crippen LogP contribution in [0.15, 0.2) is 54.9 Å². The molecule has 3 rings (SSSR count). The molecule has 0 aliphatic rings. The molecule has 4 heteroatoms. The predicted molar refractivity (Wildman–Crippen MR) is 81.9 cm³/mol. The molecule has 0 atom stereocenters. The second-order valence-electron chi connectivity index (χ2n) is 5.14. The fourth-order valence-corrected chi connectivity index (χ4v) is 2.33. The summed E-state index contributed by atoms with van der Waals surface area (Å²) >= 11 is 0. The standard InChI is InChI=1S/C17H17N3O/c1-13-5-4-6-14(9-13)10-17(21)18-11-15-12-20-8-3-2-7-16(20)19-15/h2-9,12H,10-11H2,1H3,(H,18,21). The second kappa shape index (κ2) is 5.79. The molecule has 0 fully saturated rings. The van der Waals surface area contributed by atoms with Crippen molar-refractivity contribution in [3.8, 4) is 0 Å². The molecule has 0 saturated heterocycles. The molecular weight excluding hydrogens is 262 g/mol. The maximum absolute atomic E-state index is 12.0. The zero-order valence-corrected chi connectivity index (χ0v) is 11.9. The van der Waals surface area contributed by atoms with Gasteiger partial charge in [0.2, 0.25) is 5.91 Å². The largest absolute Gasteiger partial charge is 0.350 e. The third-order valence-electron chi connectivity index (χ3n) is 3.33. The highest BCUT2D eigenvalue weighted by atomic mass is 16.1. The maximum Gasteiger partial charge on any atom is 0.224 e. The van der Waals surface area contributed by atoms with Crippen LogP contribution in [0, 0.1) is 6.92 Å². The summed E-state index contributed by atoms with van der Waals surface area (Å²) in [5.74, 6) is 0.0117. The summed E-state index contributed by atoms with van der Waals surface area (Å²) in [6.07, 6.45) is 4.28. The number of benzene rings is 1. The number of nitrogens with zero attached hydrogens (tertiary/aromatic N) is 2. The Bertz CT molecular complexity index is 743. The number of fused-ring (bicyclic) bond motifs is 1. The van der Waals surface area contributed by atoms with Gasteiger partial charge in [0.25, 0.3) is 0 Å². The van der Waals surface area contributed by atoms with Gasteiger partial charge in [-0.15, -0.1) is 0 Å². The minimum atomic E-state index is 0.0117. The number of rotatable bonds is 4. The first kappa shape index (κ1) is 13.4. The van der Waals surface area contributed by atoms with Gasteiger partial charge in [-0.2, -0.15) is 0 Å². The van der Waals surface area contributed by atoms with Gasteiger partial charge in [-0.3, -0.25) is 4.79 Å². The molecule has 0 saturated carbocycles. The highest BCUT2D eigenvalue weighted by Gasteiger charge is 2.05. The van der Waals surface area contributed by atoms with E-state index in [4.69, 9.17) is 0 Å². The van der Waals surface area contributed by atoms with Crippen LogP contribution in [0.4, 0.5) is 0 Å². The van der Waals surface area contributed by atoms with E-state index in [2.05, 4.69) is 10.3 Å². The maximum atomic E-state index is 12.0. The predicted octanol–water partition coefficient (Wildman–Crippen LogP) is 2.50.